The number of anilines is 1. The molecule has 3 rings (SSSR count). The summed E-state index contributed by atoms with van der Waals surface area (Å²) in [5, 5.41) is 3.40. The van der Waals surface area contributed by atoms with E-state index in [2.05, 4.69) is 33.4 Å². The van der Waals surface area contributed by atoms with E-state index >= 15 is 0 Å². The number of benzene rings is 2. The van der Waals surface area contributed by atoms with Crippen LogP contribution in [0.1, 0.15) is 11.7 Å². The molecule has 0 radical (unpaired) electrons. The number of nitrogens with one attached hydrogen (secondary N) is 1. The monoisotopic (exact) mass is 289 g/mol. The minimum atomic E-state index is 0.0878. The lowest BCUT2D eigenvalue weighted by atomic mass is 10.1. The standard InChI is InChI=1S/C14H12BrNO/c15-11-6-7-13-12(8-11)16-9-14(17-13)10-4-2-1-3-5-10/h1-8,14,16H,9H2. The highest BCUT2D eigenvalue weighted by molar-refractivity contribution is 9.10. The molecule has 1 atom stereocenters. The second-order valence-corrected chi connectivity index (χ2v) is 4.95. The van der Waals surface area contributed by atoms with Crippen LogP contribution in [0.15, 0.2) is 53.0 Å². The summed E-state index contributed by atoms with van der Waals surface area (Å²) < 4.78 is 7.05. The SMILES string of the molecule is Brc1ccc2c(c1)NCC(c1ccccc1)O2. The minimum Gasteiger partial charge on any atom is -0.482 e. The average molecular weight is 290 g/mol. The van der Waals surface area contributed by atoms with E-state index in [1.165, 1.54) is 5.56 Å². The quantitative estimate of drug-likeness (QED) is 0.857. The van der Waals surface area contributed by atoms with E-state index in [1.54, 1.807) is 0 Å². The van der Waals surface area contributed by atoms with Crippen LogP contribution in [-0.2, 0) is 0 Å². The molecular formula is C14H12BrNO. The lowest BCUT2D eigenvalue weighted by Crippen LogP contribution is -2.23. The number of hydrogen-bond donors (Lipinski definition) is 1. The highest BCUT2D eigenvalue weighted by Crippen LogP contribution is 2.35. The van der Waals surface area contributed by atoms with Gasteiger partial charge in [-0.3, -0.25) is 0 Å². The maximum atomic E-state index is 5.99. The summed E-state index contributed by atoms with van der Waals surface area (Å²) >= 11 is 3.45. The van der Waals surface area contributed by atoms with Crippen LogP contribution in [-0.4, -0.2) is 6.54 Å². The molecule has 0 saturated carbocycles. The van der Waals surface area contributed by atoms with Crippen LogP contribution in [0, 0.1) is 0 Å². The van der Waals surface area contributed by atoms with Gasteiger partial charge in [-0.2, -0.15) is 0 Å². The molecule has 17 heavy (non-hydrogen) atoms. The van der Waals surface area contributed by atoms with Gasteiger partial charge in [-0.25, -0.2) is 0 Å². The smallest absolute Gasteiger partial charge is 0.143 e. The highest BCUT2D eigenvalue weighted by Gasteiger charge is 2.20. The average Bonchev–Trinajstić information content (AvgIpc) is 2.39. The van der Waals surface area contributed by atoms with Gasteiger partial charge in [0.2, 0.25) is 0 Å². The highest BCUT2D eigenvalue weighted by atomic mass is 79.9. The maximum absolute atomic E-state index is 5.99. The number of halogens is 1. The number of rotatable bonds is 1. The van der Waals surface area contributed by atoms with Gasteiger partial charge in [0, 0.05) is 4.47 Å². The van der Waals surface area contributed by atoms with Crippen LogP contribution in [0.3, 0.4) is 0 Å². The van der Waals surface area contributed by atoms with Crippen LogP contribution in [0.4, 0.5) is 5.69 Å². The minimum absolute atomic E-state index is 0.0878. The molecule has 2 aromatic rings. The summed E-state index contributed by atoms with van der Waals surface area (Å²) in [6, 6.07) is 16.3. The molecule has 0 fully saturated rings. The van der Waals surface area contributed by atoms with E-state index in [-0.39, 0.29) is 6.10 Å². The third-order valence-corrected chi connectivity index (χ3v) is 3.35. The molecule has 1 unspecified atom stereocenters. The van der Waals surface area contributed by atoms with Crippen LogP contribution in [0.25, 0.3) is 0 Å². The second-order valence-electron chi connectivity index (χ2n) is 4.04. The Hall–Kier alpha value is -1.48. The molecule has 86 valence electrons. The predicted molar refractivity (Wildman–Crippen MR) is 72.4 cm³/mol. The molecule has 0 bridgehead atoms. The van der Waals surface area contributed by atoms with Crippen LogP contribution in [0.2, 0.25) is 0 Å². The second kappa shape index (κ2) is 4.41. The summed E-state index contributed by atoms with van der Waals surface area (Å²) in [4.78, 5) is 0. The van der Waals surface area contributed by atoms with Gasteiger partial charge in [-0.05, 0) is 23.8 Å². The fourth-order valence-electron chi connectivity index (χ4n) is 1.99. The summed E-state index contributed by atoms with van der Waals surface area (Å²) in [6.07, 6.45) is 0.0878. The van der Waals surface area contributed by atoms with Gasteiger partial charge >= 0.3 is 0 Å². The first-order chi connectivity index (χ1) is 8.33. The molecule has 1 aliphatic rings. The van der Waals surface area contributed by atoms with Crippen molar-refractivity contribution in [3.05, 3.63) is 58.6 Å². The summed E-state index contributed by atoms with van der Waals surface area (Å²) in [5.74, 6) is 0.910. The van der Waals surface area contributed by atoms with Crippen molar-refractivity contribution in [1.82, 2.24) is 0 Å². The summed E-state index contributed by atoms with van der Waals surface area (Å²) in [6.45, 7) is 0.799. The Morgan fingerprint density at radius 2 is 1.94 bits per heavy atom. The zero-order valence-corrected chi connectivity index (χ0v) is 10.8. The Morgan fingerprint density at radius 1 is 1.12 bits per heavy atom. The Labute approximate surface area is 109 Å². The first-order valence-corrected chi connectivity index (χ1v) is 6.37. The van der Waals surface area contributed by atoms with Crippen LogP contribution < -0.4 is 10.1 Å². The van der Waals surface area contributed by atoms with Crippen molar-refractivity contribution in [1.29, 1.82) is 0 Å². The third-order valence-electron chi connectivity index (χ3n) is 2.86. The number of ether oxygens (including phenoxy) is 1. The maximum Gasteiger partial charge on any atom is 0.143 e. The van der Waals surface area contributed by atoms with Crippen molar-refractivity contribution in [3.63, 3.8) is 0 Å². The lowest BCUT2D eigenvalue weighted by molar-refractivity contribution is 0.210. The number of fused-ring (bicyclic) bond motifs is 1. The normalized spacial score (nSPS) is 17.8. The molecule has 1 heterocycles. The Morgan fingerprint density at radius 3 is 2.76 bits per heavy atom. The van der Waals surface area contributed by atoms with Crippen molar-refractivity contribution in [2.24, 2.45) is 0 Å². The third kappa shape index (κ3) is 2.15. The lowest BCUT2D eigenvalue weighted by Gasteiger charge is -2.27. The Kier molecular flexibility index (Phi) is 2.77. The fourth-order valence-corrected chi connectivity index (χ4v) is 2.36. The van der Waals surface area contributed by atoms with Crippen molar-refractivity contribution in [3.8, 4) is 5.75 Å². The van der Waals surface area contributed by atoms with Crippen molar-refractivity contribution >= 4 is 21.6 Å². The van der Waals surface area contributed by atoms with E-state index in [9.17, 15) is 0 Å². The van der Waals surface area contributed by atoms with Gasteiger partial charge in [-0.1, -0.05) is 46.3 Å². The van der Waals surface area contributed by atoms with E-state index in [4.69, 9.17) is 4.74 Å². The summed E-state index contributed by atoms with van der Waals surface area (Å²) in [5.41, 5.74) is 2.25. The topological polar surface area (TPSA) is 21.3 Å². The molecule has 1 aliphatic heterocycles. The predicted octanol–water partition coefficient (Wildman–Crippen LogP) is 3.99. The molecule has 2 aromatic carbocycles. The van der Waals surface area contributed by atoms with Crippen molar-refractivity contribution in [2.75, 3.05) is 11.9 Å². The Balaban J connectivity index is 1.88. The van der Waals surface area contributed by atoms with Gasteiger partial charge < -0.3 is 10.1 Å². The van der Waals surface area contributed by atoms with E-state index in [0.717, 1.165) is 22.5 Å². The van der Waals surface area contributed by atoms with Crippen molar-refractivity contribution in [2.45, 2.75) is 6.10 Å². The van der Waals surface area contributed by atoms with Gasteiger partial charge in [-0.15, -0.1) is 0 Å². The van der Waals surface area contributed by atoms with E-state index in [0.29, 0.717) is 0 Å². The first kappa shape index (κ1) is 10.7. The fraction of sp³-hybridized carbons (Fsp3) is 0.143. The van der Waals surface area contributed by atoms with Crippen LogP contribution in [0.5, 0.6) is 5.75 Å². The molecule has 3 heteroatoms. The summed E-state index contributed by atoms with van der Waals surface area (Å²) in [7, 11) is 0. The van der Waals surface area contributed by atoms with Crippen molar-refractivity contribution < 1.29 is 4.74 Å². The van der Waals surface area contributed by atoms with E-state index < -0.39 is 0 Å². The van der Waals surface area contributed by atoms with Gasteiger partial charge in [0.1, 0.15) is 11.9 Å². The molecule has 0 aliphatic carbocycles. The molecule has 2 nitrogen and oxygen atoms in total. The van der Waals surface area contributed by atoms with E-state index in [1.807, 2.05) is 36.4 Å². The molecular weight excluding hydrogens is 278 g/mol. The molecule has 0 amide bonds. The molecule has 1 N–H and O–H groups in total. The number of hydrogen-bond acceptors (Lipinski definition) is 2. The first-order valence-electron chi connectivity index (χ1n) is 5.58. The Bertz CT molecular complexity index is 527. The molecule has 0 saturated heterocycles. The van der Waals surface area contributed by atoms with Gasteiger partial charge in [0.25, 0.3) is 0 Å². The molecule has 0 spiro atoms. The van der Waals surface area contributed by atoms with Crippen LogP contribution >= 0.6 is 15.9 Å². The molecule has 0 aromatic heterocycles. The van der Waals surface area contributed by atoms with Gasteiger partial charge in [0.15, 0.2) is 0 Å². The zero-order chi connectivity index (χ0) is 11.7. The zero-order valence-electron chi connectivity index (χ0n) is 9.19. The van der Waals surface area contributed by atoms with Gasteiger partial charge in [0.05, 0.1) is 12.2 Å². The largest absolute Gasteiger partial charge is 0.482 e.